The molecular weight excluding hydrogens is 232 g/mol. The Balaban J connectivity index is 1.78. The van der Waals surface area contributed by atoms with Gasteiger partial charge in [-0.1, -0.05) is 42.5 Å². The van der Waals surface area contributed by atoms with E-state index in [4.69, 9.17) is 0 Å². The Morgan fingerprint density at radius 3 is 2.63 bits per heavy atom. The van der Waals surface area contributed by atoms with Gasteiger partial charge in [0.2, 0.25) is 0 Å². The molecule has 0 aromatic heterocycles. The van der Waals surface area contributed by atoms with Gasteiger partial charge in [-0.15, -0.1) is 0 Å². The van der Waals surface area contributed by atoms with Crippen LogP contribution in [0.3, 0.4) is 0 Å². The van der Waals surface area contributed by atoms with E-state index in [1.165, 1.54) is 16.8 Å². The summed E-state index contributed by atoms with van der Waals surface area (Å²) < 4.78 is 0. The lowest BCUT2D eigenvalue weighted by atomic mass is 9.94. The molecule has 0 aliphatic carbocycles. The third kappa shape index (κ3) is 2.64. The van der Waals surface area contributed by atoms with E-state index in [9.17, 15) is 0 Å². The molecule has 1 atom stereocenters. The largest absolute Gasteiger partial charge is 0.373 e. The first-order valence-corrected chi connectivity index (χ1v) is 6.92. The van der Waals surface area contributed by atoms with Crippen molar-refractivity contribution in [3.05, 3.63) is 65.7 Å². The molecule has 0 spiro atoms. The Morgan fingerprint density at radius 1 is 1.05 bits per heavy atom. The summed E-state index contributed by atoms with van der Waals surface area (Å²) in [7, 11) is 2.16. The molecule has 19 heavy (non-hydrogen) atoms. The van der Waals surface area contributed by atoms with E-state index >= 15 is 0 Å². The second-order valence-electron chi connectivity index (χ2n) is 5.17. The summed E-state index contributed by atoms with van der Waals surface area (Å²) in [5, 5.41) is 3.63. The first-order chi connectivity index (χ1) is 9.34. The number of rotatable bonds is 3. The highest BCUT2D eigenvalue weighted by Gasteiger charge is 2.20. The van der Waals surface area contributed by atoms with E-state index in [0.29, 0.717) is 6.04 Å². The average molecular weight is 252 g/mol. The van der Waals surface area contributed by atoms with Crippen molar-refractivity contribution in [2.24, 2.45) is 0 Å². The zero-order valence-electron chi connectivity index (χ0n) is 11.3. The molecule has 0 radical (unpaired) electrons. The van der Waals surface area contributed by atoms with E-state index < -0.39 is 0 Å². The lowest BCUT2D eigenvalue weighted by Crippen LogP contribution is -2.37. The lowest BCUT2D eigenvalue weighted by Gasteiger charge is -2.31. The highest BCUT2D eigenvalue weighted by molar-refractivity contribution is 5.46. The normalized spacial score (nSPS) is 17.8. The third-order valence-corrected chi connectivity index (χ3v) is 3.87. The van der Waals surface area contributed by atoms with Gasteiger partial charge in [-0.2, -0.15) is 0 Å². The molecule has 2 nitrogen and oxygen atoms in total. The van der Waals surface area contributed by atoms with Crippen LogP contribution in [-0.2, 0) is 6.42 Å². The number of benzene rings is 2. The maximum Gasteiger partial charge on any atom is 0.0500 e. The van der Waals surface area contributed by atoms with Gasteiger partial charge in [-0.25, -0.2) is 0 Å². The standard InChI is InChI=1S/C17H20N2/c1-19(15-8-3-2-4-9-15)13-17-16-10-6-5-7-14(16)11-12-18-17/h2-10,17-18H,11-13H2,1H3. The predicted octanol–water partition coefficient (Wildman–Crippen LogP) is 3.01. The molecule has 1 N–H and O–H groups in total. The van der Waals surface area contributed by atoms with Gasteiger partial charge in [0.1, 0.15) is 0 Å². The highest BCUT2D eigenvalue weighted by atomic mass is 15.1. The zero-order chi connectivity index (χ0) is 13.1. The molecular formula is C17H20N2. The van der Waals surface area contributed by atoms with Crippen LogP contribution in [0.4, 0.5) is 5.69 Å². The summed E-state index contributed by atoms with van der Waals surface area (Å²) in [5.74, 6) is 0. The fourth-order valence-corrected chi connectivity index (χ4v) is 2.82. The van der Waals surface area contributed by atoms with Gasteiger partial charge in [0.25, 0.3) is 0 Å². The minimum atomic E-state index is 0.426. The monoisotopic (exact) mass is 252 g/mol. The maximum atomic E-state index is 3.63. The first kappa shape index (κ1) is 12.2. The first-order valence-electron chi connectivity index (χ1n) is 6.92. The Kier molecular flexibility index (Phi) is 3.51. The van der Waals surface area contributed by atoms with Gasteiger partial charge in [0.15, 0.2) is 0 Å². The van der Waals surface area contributed by atoms with Crippen molar-refractivity contribution < 1.29 is 0 Å². The molecule has 98 valence electrons. The predicted molar refractivity (Wildman–Crippen MR) is 80.6 cm³/mol. The maximum absolute atomic E-state index is 3.63. The van der Waals surface area contributed by atoms with E-state index in [0.717, 1.165) is 19.5 Å². The second-order valence-corrected chi connectivity index (χ2v) is 5.17. The summed E-state index contributed by atoms with van der Waals surface area (Å²) in [4.78, 5) is 2.32. The number of para-hydroxylation sites is 1. The van der Waals surface area contributed by atoms with Crippen LogP contribution >= 0.6 is 0 Å². The molecule has 3 rings (SSSR count). The topological polar surface area (TPSA) is 15.3 Å². The van der Waals surface area contributed by atoms with E-state index in [2.05, 4.69) is 71.9 Å². The molecule has 0 fully saturated rings. The molecule has 0 bridgehead atoms. The van der Waals surface area contributed by atoms with Crippen LogP contribution in [-0.4, -0.2) is 20.1 Å². The van der Waals surface area contributed by atoms with Gasteiger partial charge >= 0.3 is 0 Å². The average Bonchev–Trinajstić information content (AvgIpc) is 2.48. The van der Waals surface area contributed by atoms with Crippen LogP contribution < -0.4 is 10.2 Å². The molecule has 1 aliphatic rings. The van der Waals surface area contributed by atoms with Crippen molar-refractivity contribution in [1.82, 2.24) is 5.32 Å². The van der Waals surface area contributed by atoms with Gasteiger partial charge in [0.05, 0.1) is 6.04 Å². The number of fused-ring (bicyclic) bond motifs is 1. The van der Waals surface area contributed by atoms with Gasteiger partial charge in [-0.05, 0) is 36.2 Å². The Morgan fingerprint density at radius 2 is 1.79 bits per heavy atom. The third-order valence-electron chi connectivity index (χ3n) is 3.87. The summed E-state index contributed by atoms with van der Waals surface area (Å²) in [6, 6.07) is 19.8. The van der Waals surface area contributed by atoms with Gasteiger partial charge in [0, 0.05) is 19.3 Å². The smallest absolute Gasteiger partial charge is 0.0500 e. The second kappa shape index (κ2) is 5.45. The van der Waals surface area contributed by atoms with Crippen molar-refractivity contribution >= 4 is 5.69 Å². The number of nitrogens with zero attached hydrogens (tertiary/aromatic N) is 1. The van der Waals surface area contributed by atoms with Crippen LogP contribution in [0.5, 0.6) is 0 Å². The SMILES string of the molecule is CN(CC1NCCc2ccccc21)c1ccccc1. The molecule has 0 saturated carbocycles. The Labute approximate surface area is 115 Å². The molecule has 1 unspecified atom stereocenters. The number of likely N-dealkylation sites (N-methyl/N-ethyl adjacent to an activating group) is 1. The van der Waals surface area contributed by atoms with E-state index in [1.807, 2.05) is 0 Å². The highest BCUT2D eigenvalue weighted by Crippen LogP contribution is 2.24. The van der Waals surface area contributed by atoms with E-state index in [-0.39, 0.29) is 0 Å². The van der Waals surface area contributed by atoms with Gasteiger partial charge in [-0.3, -0.25) is 0 Å². The molecule has 0 saturated heterocycles. The molecule has 0 amide bonds. The number of hydrogen-bond donors (Lipinski definition) is 1. The zero-order valence-corrected chi connectivity index (χ0v) is 11.3. The summed E-state index contributed by atoms with van der Waals surface area (Å²) in [6.07, 6.45) is 1.14. The molecule has 2 heteroatoms. The summed E-state index contributed by atoms with van der Waals surface area (Å²) in [6.45, 7) is 2.07. The molecule has 1 heterocycles. The number of hydrogen-bond acceptors (Lipinski definition) is 2. The Hall–Kier alpha value is -1.80. The quantitative estimate of drug-likeness (QED) is 0.903. The minimum Gasteiger partial charge on any atom is -0.373 e. The van der Waals surface area contributed by atoms with Crippen LogP contribution in [0.15, 0.2) is 54.6 Å². The number of anilines is 1. The summed E-state index contributed by atoms with van der Waals surface area (Å²) in [5.41, 5.74) is 4.22. The van der Waals surface area contributed by atoms with Crippen molar-refractivity contribution in [2.75, 3.05) is 25.0 Å². The minimum absolute atomic E-state index is 0.426. The van der Waals surface area contributed by atoms with Crippen molar-refractivity contribution in [2.45, 2.75) is 12.5 Å². The molecule has 1 aliphatic heterocycles. The van der Waals surface area contributed by atoms with Crippen molar-refractivity contribution in [3.8, 4) is 0 Å². The Bertz CT molecular complexity index is 536. The number of nitrogens with one attached hydrogen (secondary N) is 1. The van der Waals surface area contributed by atoms with Crippen molar-refractivity contribution in [1.29, 1.82) is 0 Å². The van der Waals surface area contributed by atoms with Crippen molar-refractivity contribution in [3.63, 3.8) is 0 Å². The van der Waals surface area contributed by atoms with Crippen LogP contribution in [0, 0.1) is 0 Å². The fourth-order valence-electron chi connectivity index (χ4n) is 2.82. The van der Waals surface area contributed by atoms with Crippen LogP contribution in [0.25, 0.3) is 0 Å². The van der Waals surface area contributed by atoms with E-state index in [1.54, 1.807) is 0 Å². The van der Waals surface area contributed by atoms with Gasteiger partial charge < -0.3 is 10.2 Å². The lowest BCUT2D eigenvalue weighted by molar-refractivity contribution is 0.505. The molecule has 2 aromatic rings. The molecule has 2 aromatic carbocycles. The van der Waals surface area contributed by atoms with Crippen LogP contribution in [0.1, 0.15) is 17.2 Å². The van der Waals surface area contributed by atoms with Crippen LogP contribution in [0.2, 0.25) is 0 Å². The summed E-state index contributed by atoms with van der Waals surface area (Å²) >= 11 is 0. The fraction of sp³-hybridized carbons (Fsp3) is 0.294.